The topological polar surface area (TPSA) is 35.2 Å². The van der Waals surface area contributed by atoms with Crippen LogP contribution in [-0.2, 0) is 5.41 Å². The van der Waals surface area contributed by atoms with Crippen molar-refractivity contribution in [2.24, 2.45) is 5.73 Å². The summed E-state index contributed by atoms with van der Waals surface area (Å²) in [5.74, 6) is 0.960. The second-order valence-electron chi connectivity index (χ2n) is 5.75. The van der Waals surface area contributed by atoms with Crippen LogP contribution < -0.4 is 10.5 Å². The highest BCUT2D eigenvalue weighted by atomic mass is 16.5. The minimum atomic E-state index is 0.172. The smallest absolute Gasteiger partial charge is 0.119 e. The molecule has 0 saturated carbocycles. The molecular formula is C15H25NO. The average molecular weight is 235 g/mol. The van der Waals surface area contributed by atoms with Gasteiger partial charge >= 0.3 is 0 Å². The van der Waals surface area contributed by atoms with Crippen LogP contribution in [0.1, 0.15) is 46.1 Å². The van der Waals surface area contributed by atoms with Crippen LogP contribution in [0.15, 0.2) is 24.3 Å². The number of nitrogens with two attached hydrogens (primary N) is 1. The fraction of sp³-hybridized carbons (Fsp3) is 0.600. The minimum absolute atomic E-state index is 0.172. The summed E-state index contributed by atoms with van der Waals surface area (Å²) in [6.45, 7) is 9.40. The van der Waals surface area contributed by atoms with Gasteiger partial charge in [0.15, 0.2) is 0 Å². The Morgan fingerprint density at radius 3 is 2.59 bits per heavy atom. The molecule has 0 aliphatic heterocycles. The maximum atomic E-state index is 5.74. The van der Waals surface area contributed by atoms with Gasteiger partial charge in [-0.15, -0.1) is 0 Å². The molecule has 0 amide bonds. The van der Waals surface area contributed by atoms with E-state index >= 15 is 0 Å². The van der Waals surface area contributed by atoms with Crippen LogP contribution in [0.2, 0.25) is 0 Å². The van der Waals surface area contributed by atoms with E-state index in [1.165, 1.54) is 5.56 Å². The third kappa shape index (κ3) is 5.22. The van der Waals surface area contributed by atoms with Crippen molar-refractivity contribution < 1.29 is 4.74 Å². The first-order valence-corrected chi connectivity index (χ1v) is 6.38. The fourth-order valence-electron chi connectivity index (χ4n) is 1.65. The molecule has 1 unspecified atom stereocenters. The van der Waals surface area contributed by atoms with Gasteiger partial charge in [-0.05, 0) is 42.9 Å². The molecule has 0 bridgehead atoms. The standard InChI is InChI=1S/C15H25NO/c1-12(16)7-6-10-17-14-9-5-8-13(11-14)15(2,3)4/h5,8-9,11-12H,6-7,10,16H2,1-4H3. The highest BCUT2D eigenvalue weighted by Crippen LogP contribution is 2.25. The molecule has 0 aliphatic rings. The van der Waals surface area contributed by atoms with Crippen molar-refractivity contribution in [3.8, 4) is 5.75 Å². The zero-order valence-electron chi connectivity index (χ0n) is 11.5. The summed E-state index contributed by atoms with van der Waals surface area (Å²) in [6.07, 6.45) is 2.02. The number of hydrogen-bond acceptors (Lipinski definition) is 2. The van der Waals surface area contributed by atoms with E-state index in [1.807, 2.05) is 13.0 Å². The summed E-state index contributed by atoms with van der Waals surface area (Å²) >= 11 is 0. The van der Waals surface area contributed by atoms with Crippen LogP contribution >= 0.6 is 0 Å². The number of ether oxygens (including phenoxy) is 1. The number of benzene rings is 1. The first-order chi connectivity index (χ1) is 7.89. The fourth-order valence-corrected chi connectivity index (χ4v) is 1.65. The van der Waals surface area contributed by atoms with Crippen molar-refractivity contribution in [3.05, 3.63) is 29.8 Å². The molecule has 0 spiro atoms. The molecule has 17 heavy (non-hydrogen) atoms. The van der Waals surface area contributed by atoms with Gasteiger partial charge in [0.2, 0.25) is 0 Å². The molecule has 96 valence electrons. The molecule has 1 rings (SSSR count). The monoisotopic (exact) mass is 235 g/mol. The molecule has 0 fully saturated rings. The molecule has 0 aromatic heterocycles. The van der Waals surface area contributed by atoms with Crippen molar-refractivity contribution in [2.45, 2.75) is 52.0 Å². The van der Waals surface area contributed by atoms with Gasteiger partial charge in [0.05, 0.1) is 6.61 Å². The van der Waals surface area contributed by atoms with Gasteiger partial charge in [0.25, 0.3) is 0 Å². The molecule has 0 aliphatic carbocycles. The molecular weight excluding hydrogens is 210 g/mol. The summed E-state index contributed by atoms with van der Waals surface area (Å²) < 4.78 is 5.74. The number of rotatable bonds is 5. The van der Waals surface area contributed by atoms with Crippen LogP contribution in [0.3, 0.4) is 0 Å². The lowest BCUT2D eigenvalue weighted by Gasteiger charge is -2.19. The Bertz CT molecular complexity index is 339. The lowest BCUT2D eigenvalue weighted by atomic mass is 9.87. The third-order valence-electron chi connectivity index (χ3n) is 2.77. The van der Waals surface area contributed by atoms with E-state index in [9.17, 15) is 0 Å². The first kappa shape index (κ1) is 14.0. The molecule has 1 atom stereocenters. The van der Waals surface area contributed by atoms with Crippen molar-refractivity contribution in [2.75, 3.05) is 6.61 Å². The van der Waals surface area contributed by atoms with E-state index in [0.29, 0.717) is 0 Å². The molecule has 2 nitrogen and oxygen atoms in total. The summed E-state index contributed by atoms with van der Waals surface area (Å²) in [4.78, 5) is 0. The number of hydrogen-bond donors (Lipinski definition) is 1. The van der Waals surface area contributed by atoms with Gasteiger partial charge < -0.3 is 10.5 Å². The maximum Gasteiger partial charge on any atom is 0.119 e. The lowest BCUT2D eigenvalue weighted by molar-refractivity contribution is 0.302. The van der Waals surface area contributed by atoms with Gasteiger partial charge in [-0.3, -0.25) is 0 Å². The minimum Gasteiger partial charge on any atom is -0.494 e. The van der Waals surface area contributed by atoms with E-state index in [1.54, 1.807) is 0 Å². The molecule has 0 saturated heterocycles. The van der Waals surface area contributed by atoms with Crippen LogP contribution in [0.5, 0.6) is 5.75 Å². The zero-order chi connectivity index (χ0) is 12.9. The van der Waals surface area contributed by atoms with Gasteiger partial charge in [-0.2, -0.15) is 0 Å². The summed E-state index contributed by atoms with van der Waals surface area (Å²) in [5, 5.41) is 0. The van der Waals surface area contributed by atoms with Gasteiger partial charge in [-0.25, -0.2) is 0 Å². The molecule has 0 heterocycles. The quantitative estimate of drug-likeness (QED) is 0.793. The largest absolute Gasteiger partial charge is 0.494 e. The Morgan fingerprint density at radius 1 is 1.29 bits per heavy atom. The molecule has 1 aromatic carbocycles. The van der Waals surface area contributed by atoms with Crippen molar-refractivity contribution in [1.82, 2.24) is 0 Å². The lowest BCUT2D eigenvalue weighted by Crippen LogP contribution is -2.15. The average Bonchev–Trinajstić information content (AvgIpc) is 2.23. The van der Waals surface area contributed by atoms with E-state index in [2.05, 4.69) is 39.0 Å². The summed E-state index contributed by atoms with van der Waals surface area (Å²) in [5.41, 5.74) is 7.18. The zero-order valence-corrected chi connectivity index (χ0v) is 11.5. The van der Waals surface area contributed by atoms with E-state index in [-0.39, 0.29) is 11.5 Å². The van der Waals surface area contributed by atoms with Crippen molar-refractivity contribution in [1.29, 1.82) is 0 Å². The maximum absolute atomic E-state index is 5.74. The summed E-state index contributed by atoms with van der Waals surface area (Å²) in [7, 11) is 0. The van der Waals surface area contributed by atoms with E-state index in [0.717, 1.165) is 25.2 Å². The van der Waals surface area contributed by atoms with Gasteiger partial charge in [-0.1, -0.05) is 32.9 Å². The Kier molecular flexibility index (Phi) is 5.01. The SMILES string of the molecule is CC(N)CCCOc1cccc(C(C)(C)C)c1. The Morgan fingerprint density at radius 2 is 2.00 bits per heavy atom. The highest BCUT2D eigenvalue weighted by molar-refractivity contribution is 5.32. The van der Waals surface area contributed by atoms with Crippen LogP contribution in [0.4, 0.5) is 0 Å². The first-order valence-electron chi connectivity index (χ1n) is 6.38. The normalized spacial score (nSPS) is 13.5. The predicted molar refractivity (Wildman–Crippen MR) is 73.5 cm³/mol. The molecule has 1 aromatic rings. The van der Waals surface area contributed by atoms with Crippen molar-refractivity contribution >= 4 is 0 Å². The van der Waals surface area contributed by atoms with Gasteiger partial charge in [0, 0.05) is 6.04 Å². The van der Waals surface area contributed by atoms with Crippen LogP contribution in [0.25, 0.3) is 0 Å². The van der Waals surface area contributed by atoms with E-state index < -0.39 is 0 Å². The second-order valence-corrected chi connectivity index (χ2v) is 5.75. The van der Waals surface area contributed by atoms with E-state index in [4.69, 9.17) is 10.5 Å². The Labute approximate surface area is 105 Å². The van der Waals surface area contributed by atoms with Crippen molar-refractivity contribution in [3.63, 3.8) is 0 Å². The van der Waals surface area contributed by atoms with Gasteiger partial charge in [0.1, 0.15) is 5.75 Å². The Balaban J connectivity index is 2.49. The van der Waals surface area contributed by atoms with Crippen LogP contribution in [-0.4, -0.2) is 12.6 Å². The Hall–Kier alpha value is -1.02. The highest BCUT2D eigenvalue weighted by Gasteiger charge is 2.13. The molecule has 2 heteroatoms. The second kappa shape index (κ2) is 6.06. The molecule has 2 N–H and O–H groups in total. The predicted octanol–water partition coefficient (Wildman–Crippen LogP) is 3.49. The van der Waals surface area contributed by atoms with Crippen LogP contribution in [0, 0.1) is 0 Å². The summed E-state index contributed by atoms with van der Waals surface area (Å²) in [6, 6.07) is 8.61. The molecule has 0 radical (unpaired) electrons. The third-order valence-corrected chi connectivity index (χ3v) is 2.77.